The minimum absolute atomic E-state index is 0.123. The first kappa shape index (κ1) is 28.5. The molecule has 0 saturated carbocycles. The molecule has 33 heavy (non-hydrogen) atoms. The monoisotopic (exact) mass is 489 g/mol. The number of aromatic nitrogens is 2. The van der Waals surface area contributed by atoms with Gasteiger partial charge in [0, 0.05) is 6.20 Å². The van der Waals surface area contributed by atoms with Gasteiger partial charge in [0.25, 0.3) is 5.91 Å². The van der Waals surface area contributed by atoms with E-state index in [0.29, 0.717) is 6.42 Å². The molecule has 2 heterocycles. The van der Waals surface area contributed by atoms with Crippen molar-refractivity contribution in [1.29, 1.82) is 0 Å². The Kier molecular flexibility index (Phi) is 10.4. The Morgan fingerprint density at radius 2 is 1.82 bits per heavy atom. The van der Waals surface area contributed by atoms with Crippen molar-refractivity contribution >= 4 is 32.2 Å². The zero-order chi connectivity index (χ0) is 25.3. The van der Waals surface area contributed by atoms with E-state index in [1.165, 1.54) is 12.4 Å². The van der Waals surface area contributed by atoms with Crippen LogP contribution in [0.15, 0.2) is 71.3 Å². The number of sulfone groups is 1. The molecule has 2 aromatic heterocycles. The van der Waals surface area contributed by atoms with E-state index < -0.39 is 20.5 Å². The van der Waals surface area contributed by atoms with Crippen molar-refractivity contribution in [3.63, 3.8) is 0 Å². The number of rotatable bonds is 9. The fraction of sp³-hybridized carbons (Fsp3) is 0.400. The fourth-order valence-electron chi connectivity index (χ4n) is 3.17. The number of nitrogens with zero attached hydrogens (tertiary/aromatic N) is 2. The number of amides is 1. The van der Waals surface area contributed by atoms with E-state index in [0.717, 1.165) is 16.9 Å². The predicted octanol–water partition coefficient (Wildman–Crippen LogP) is 6.47. The molecule has 0 fully saturated rings. The second-order valence-electron chi connectivity index (χ2n) is 8.45. The summed E-state index contributed by atoms with van der Waals surface area (Å²) >= 11 is 0.945. The third kappa shape index (κ3) is 7.47. The second-order valence-corrected chi connectivity index (χ2v) is 12.3. The van der Waals surface area contributed by atoms with Crippen molar-refractivity contribution in [3.8, 4) is 0 Å². The van der Waals surface area contributed by atoms with E-state index in [2.05, 4.69) is 21.9 Å². The van der Waals surface area contributed by atoms with Crippen LogP contribution >= 0.6 is 11.3 Å². The lowest BCUT2D eigenvalue weighted by molar-refractivity contribution is 0.102. The molecule has 0 bridgehead atoms. The molecular formula is C25H35N3O3S2. The van der Waals surface area contributed by atoms with Crippen molar-refractivity contribution in [2.45, 2.75) is 63.8 Å². The number of anilines is 1. The van der Waals surface area contributed by atoms with Crippen LogP contribution < -0.4 is 5.32 Å². The van der Waals surface area contributed by atoms with Gasteiger partial charge in [-0.15, -0.1) is 0 Å². The first-order valence-corrected chi connectivity index (χ1v) is 13.1. The van der Waals surface area contributed by atoms with Gasteiger partial charge in [-0.25, -0.2) is 13.4 Å². The van der Waals surface area contributed by atoms with E-state index in [-0.39, 0.29) is 20.4 Å². The highest BCUT2D eigenvalue weighted by molar-refractivity contribution is 7.94. The molecule has 6 nitrogen and oxygen atoms in total. The molecule has 1 N–H and O–H groups in total. The van der Waals surface area contributed by atoms with Gasteiger partial charge in [-0.1, -0.05) is 81.6 Å². The third-order valence-electron chi connectivity index (χ3n) is 5.12. The molecule has 0 aliphatic rings. The topological polar surface area (TPSA) is 89.0 Å². The molecule has 0 saturated heterocycles. The van der Waals surface area contributed by atoms with Gasteiger partial charge in [0.15, 0.2) is 15.0 Å². The van der Waals surface area contributed by atoms with E-state index in [9.17, 15) is 13.2 Å². The summed E-state index contributed by atoms with van der Waals surface area (Å²) in [5, 5.41) is 2.83. The van der Waals surface area contributed by atoms with Gasteiger partial charge in [0.1, 0.15) is 9.90 Å². The highest BCUT2D eigenvalue weighted by Crippen LogP contribution is 2.42. The normalized spacial score (nSPS) is 12.8. The van der Waals surface area contributed by atoms with Gasteiger partial charge >= 0.3 is 0 Å². The summed E-state index contributed by atoms with van der Waals surface area (Å²) in [5.74, 6) is -0.437. The largest absolute Gasteiger partial charge is 0.296 e. The minimum atomic E-state index is -3.68. The van der Waals surface area contributed by atoms with Crippen molar-refractivity contribution < 1.29 is 13.2 Å². The Bertz CT molecular complexity index is 1100. The van der Waals surface area contributed by atoms with Crippen LogP contribution in [0.1, 0.15) is 65.4 Å². The molecule has 0 aromatic carbocycles. The zero-order valence-electron chi connectivity index (χ0n) is 20.5. The summed E-state index contributed by atoms with van der Waals surface area (Å²) in [5.41, 5.74) is 0.960. The molecular weight excluding hydrogens is 454 g/mol. The summed E-state index contributed by atoms with van der Waals surface area (Å²) in [7, 11) is -3.68. The summed E-state index contributed by atoms with van der Waals surface area (Å²) in [6.45, 7) is 17.2. The number of thiazole rings is 1. The van der Waals surface area contributed by atoms with Crippen LogP contribution in [0.4, 0.5) is 5.13 Å². The number of hydrogen-bond acceptors (Lipinski definition) is 6. The van der Waals surface area contributed by atoms with Crippen LogP contribution in [0, 0.1) is 5.41 Å². The Morgan fingerprint density at radius 3 is 2.39 bits per heavy atom. The maximum atomic E-state index is 13.4. The van der Waals surface area contributed by atoms with Crippen LogP contribution in [0.5, 0.6) is 0 Å². The van der Waals surface area contributed by atoms with Gasteiger partial charge in [-0.3, -0.25) is 15.1 Å². The molecule has 180 valence electrons. The van der Waals surface area contributed by atoms with Gasteiger partial charge in [0.2, 0.25) is 0 Å². The van der Waals surface area contributed by atoms with Crippen molar-refractivity contribution in [2.75, 3.05) is 5.32 Å². The molecule has 2 rings (SSSR count). The van der Waals surface area contributed by atoms with E-state index in [1.807, 2.05) is 52.8 Å². The van der Waals surface area contributed by atoms with Gasteiger partial charge in [-0.2, -0.15) is 0 Å². The van der Waals surface area contributed by atoms with Crippen LogP contribution in [0.3, 0.4) is 0 Å². The van der Waals surface area contributed by atoms with Crippen LogP contribution in [-0.2, 0) is 9.84 Å². The van der Waals surface area contributed by atoms with Crippen LogP contribution in [0.2, 0.25) is 0 Å². The summed E-state index contributed by atoms with van der Waals surface area (Å²) in [6, 6.07) is 4.99. The number of carbonyl (C=O) groups excluding carboxylic acids is 1. The van der Waals surface area contributed by atoms with E-state index >= 15 is 0 Å². The molecule has 0 radical (unpaired) electrons. The molecule has 0 spiro atoms. The van der Waals surface area contributed by atoms with Crippen LogP contribution in [-0.4, -0.2) is 29.0 Å². The van der Waals surface area contributed by atoms with Crippen molar-refractivity contribution in [2.24, 2.45) is 5.41 Å². The van der Waals surface area contributed by atoms with Crippen LogP contribution in [0.25, 0.3) is 0 Å². The van der Waals surface area contributed by atoms with Crippen molar-refractivity contribution in [3.05, 3.63) is 72.7 Å². The molecule has 1 amide bonds. The lowest BCUT2D eigenvalue weighted by Crippen LogP contribution is -2.37. The van der Waals surface area contributed by atoms with E-state index in [4.69, 9.17) is 0 Å². The average Bonchev–Trinajstić information content (AvgIpc) is 3.24. The first-order valence-electron chi connectivity index (χ1n) is 10.8. The lowest BCUT2D eigenvalue weighted by Gasteiger charge is -2.35. The van der Waals surface area contributed by atoms with Gasteiger partial charge < -0.3 is 0 Å². The van der Waals surface area contributed by atoms with Gasteiger partial charge in [0.05, 0.1) is 10.9 Å². The molecule has 2 aromatic rings. The quantitative estimate of drug-likeness (QED) is 0.408. The number of hydrogen-bond donors (Lipinski definition) is 1. The molecule has 0 aliphatic heterocycles. The highest BCUT2D eigenvalue weighted by atomic mass is 32.2. The maximum absolute atomic E-state index is 13.4. The number of carbonyl (C=O) groups is 1. The zero-order valence-corrected chi connectivity index (χ0v) is 22.2. The average molecular weight is 490 g/mol. The Balaban J connectivity index is 0.00000265. The Hall–Kier alpha value is -2.58. The second kappa shape index (κ2) is 12.0. The summed E-state index contributed by atoms with van der Waals surface area (Å²) in [6.07, 6.45) is 10.6. The summed E-state index contributed by atoms with van der Waals surface area (Å²) in [4.78, 5) is 20.3. The number of allylic oxidation sites excluding steroid dienone is 5. The lowest BCUT2D eigenvalue weighted by atomic mass is 9.77. The molecule has 0 unspecified atom stereocenters. The van der Waals surface area contributed by atoms with Gasteiger partial charge in [-0.05, 0) is 44.7 Å². The number of pyridine rings is 1. The Labute approximate surface area is 202 Å². The number of nitrogens with one attached hydrogen (secondary N) is 1. The SMILES string of the molecule is C=C/C=C\C=C(/C)C(C)(C)CC(C)(C)S(=O)(=O)c1cnc(NC(=O)c2ccccn2)s1.CC. The third-order valence-corrected chi connectivity index (χ3v) is 8.97. The molecule has 0 aliphatic carbocycles. The van der Waals surface area contributed by atoms with E-state index in [1.54, 1.807) is 38.1 Å². The Morgan fingerprint density at radius 1 is 1.15 bits per heavy atom. The molecule has 0 atom stereocenters. The van der Waals surface area contributed by atoms with Crippen molar-refractivity contribution in [1.82, 2.24) is 9.97 Å². The minimum Gasteiger partial charge on any atom is -0.296 e. The molecule has 8 heteroatoms. The first-order chi connectivity index (χ1) is 15.4. The summed E-state index contributed by atoms with van der Waals surface area (Å²) < 4.78 is 25.8. The standard InChI is InChI=1S/C23H29N3O3S2.C2H6/c1-7-8-9-12-17(2)22(3,4)16-23(5,6)31(28,29)19-15-25-21(30-19)26-20(27)18-13-10-11-14-24-18;1-2/h7-15H,1,16H2,2-6H3,(H,25,26,27);1-2H3/b9-8-,17-12+;. The maximum Gasteiger partial charge on any atom is 0.276 e. The fourth-order valence-corrected chi connectivity index (χ4v) is 6.36. The highest BCUT2D eigenvalue weighted by Gasteiger charge is 2.42. The predicted molar refractivity (Wildman–Crippen MR) is 138 cm³/mol. The smallest absolute Gasteiger partial charge is 0.276 e.